The molecule has 2 aromatic carbocycles. The molecule has 0 radical (unpaired) electrons. The number of carboxylic acids is 1. The van der Waals surface area contributed by atoms with Crippen LogP contribution in [0.1, 0.15) is 22.6 Å². The summed E-state index contributed by atoms with van der Waals surface area (Å²) in [7, 11) is 1.49. The summed E-state index contributed by atoms with van der Waals surface area (Å²) in [5.41, 5.74) is 5.01. The Balaban J connectivity index is 1.44. The van der Waals surface area contributed by atoms with Crippen LogP contribution >= 0.6 is 0 Å². The number of fused-ring (bicyclic) bond motifs is 3. The van der Waals surface area contributed by atoms with Crippen molar-refractivity contribution in [2.75, 3.05) is 13.7 Å². The van der Waals surface area contributed by atoms with Gasteiger partial charge >= 0.3 is 12.1 Å². The van der Waals surface area contributed by atoms with E-state index < -0.39 is 18.1 Å². The molecule has 1 aliphatic rings. The van der Waals surface area contributed by atoms with Gasteiger partial charge in [-0.05, 0) is 28.3 Å². The van der Waals surface area contributed by atoms with E-state index in [1.807, 2.05) is 36.4 Å². The summed E-state index contributed by atoms with van der Waals surface area (Å²) in [5, 5.41) is 12.0. The first-order valence-corrected chi connectivity index (χ1v) is 9.89. The lowest BCUT2D eigenvalue weighted by molar-refractivity contribution is -0.139. The van der Waals surface area contributed by atoms with Gasteiger partial charge in [0.1, 0.15) is 18.4 Å². The fraction of sp³-hybridized carbons (Fsp3) is 0.208. The Morgan fingerprint density at radius 1 is 1.06 bits per heavy atom. The molecule has 0 aliphatic heterocycles. The highest BCUT2D eigenvalue weighted by atomic mass is 16.5. The van der Waals surface area contributed by atoms with E-state index >= 15 is 0 Å². The lowest BCUT2D eigenvalue weighted by atomic mass is 9.98. The average molecular weight is 418 g/mol. The summed E-state index contributed by atoms with van der Waals surface area (Å²) in [4.78, 5) is 28.1. The van der Waals surface area contributed by atoms with Crippen molar-refractivity contribution in [3.63, 3.8) is 0 Å². The summed E-state index contributed by atoms with van der Waals surface area (Å²) in [6.45, 7) is 0.114. The van der Waals surface area contributed by atoms with Crippen molar-refractivity contribution >= 4 is 12.1 Å². The fourth-order valence-corrected chi connectivity index (χ4v) is 3.97. The minimum absolute atomic E-state index is 0.0243. The zero-order valence-corrected chi connectivity index (χ0v) is 16.9. The molecule has 31 heavy (non-hydrogen) atoms. The van der Waals surface area contributed by atoms with E-state index in [0.29, 0.717) is 11.3 Å². The van der Waals surface area contributed by atoms with Gasteiger partial charge in [-0.2, -0.15) is 0 Å². The molecule has 1 aliphatic carbocycles. The summed E-state index contributed by atoms with van der Waals surface area (Å²) in [5.74, 6) is -0.755. The third-order valence-corrected chi connectivity index (χ3v) is 5.44. The Kier molecular flexibility index (Phi) is 5.84. The number of alkyl carbamates (subject to hydrolysis) is 1. The van der Waals surface area contributed by atoms with Crippen LogP contribution < -0.4 is 10.1 Å². The second-order valence-electron chi connectivity index (χ2n) is 7.25. The second-order valence-corrected chi connectivity index (χ2v) is 7.25. The fourth-order valence-electron chi connectivity index (χ4n) is 3.97. The maximum absolute atomic E-state index is 12.4. The summed E-state index contributed by atoms with van der Waals surface area (Å²) >= 11 is 0. The predicted octanol–water partition coefficient (Wildman–Crippen LogP) is 3.62. The van der Waals surface area contributed by atoms with Crippen molar-refractivity contribution in [3.05, 3.63) is 83.7 Å². The number of methoxy groups -OCH3 is 1. The van der Waals surface area contributed by atoms with Gasteiger partial charge in [0.05, 0.1) is 7.11 Å². The Morgan fingerprint density at radius 3 is 2.32 bits per heavy atom. The number of rotatable bonds is 7. The van der Waals surface area contributed by atoms with Gasteiger partial charge < -0.3 is 19.9 Å². The molecule has 0 fully saturated rings. The first-order chi connectivity index (χ1) is 15.1. The maximum Gasteiger partial charge on any atom is 0.407 e. The van der Waals surface area contributed by atoms with Crippen LogP contribution in [-0.4, -0.2) is 41.9 Å². The van der Waals surface area contributed by atoms with Gasteiger partial charge in [0.25, 0.3) is 0 Å². The van der Waals surface area contributed by atoms with Crippen LogP contribution in [0.3, 0.4) is 0 Å². The predicted molar refractivity (Wildman–Crippen MR) is 114 cm³/mol. The van der Waals surface area contributed by atoms with Crippen LogP contribution in [0.2, 0.25) is 0 Å². The number of hydrogen-bond donors (Lipinski definition) is 2. The third kappa shape index (κ3) is 4.21. The Labute approximate surface area is 179 Å². The first kappa shape index (κ1) is 20.4. The standard InChI is InChI=1S/C24H22N2O5/c1-30-22-10-11-25-13-15(22)12-21(23(27)28)26-24(29)31-14-20-18-8-4-2-6-16(18)17-7-3-5-9-19(17)20/h2-11,13,20-21H,12,14H2,1H3,(H,26,29)(H,27,28)/t21-/m0/s1. The van der Waals surface area contributed by atoms with Crippen LogP contribution in [0.5, 0.6) is 5.75 Å². The number of pyridine rings is 1. The Bertz CT molecular complexity index is 1070. The number of amides is 1. The molecule has 7 nitrogen and oxygen atoms in total. The molecule has 1 heterocycles. The first-order valence-electron chi connectivity index (χ1n) is 9.89. The van der Waals surface area contributed by atoms with Crippen molar-refractivity contribution in [2.24, 2.45) is 0 Å². The van der Waals surface area contributed by atoms with Gasteiger partial charge in [-0.1, -0.05) is 48.5 Å². The number of benzene rings is 2. The van der Waals surface area contributed by atoms with E-state index in [-0.39, 0.29) is 18.9 Å². The quantitative estimate of drug-likeness (QED) is 0.608. The van der Waals surface area contributed by atoms with Crippen LogP contribution in [0.15, 0.2) is 67.0 Å². The number of ether oxygens (including phenoxy) is 2. The second kappa shape index (κ2) is 8.87. The molecule has 0 bridgehead atoms. The van der Waals surface area contributed by atoms with E-state index in [1.165, 1.54) is 13.3 Å². The molecular formula is C24H22N2O5. The van der Waals surface area contributed by atoms with Crippen molar-refractivity contribution in [2.45, 2.75) is 18.4 Å². The molecule has 158 valence electrons. The molecule has 0 saturated heterocycles. The van der Waals surface area contributed by atoms with E-state index in [1.54, 1.807) is 12.3 Å². The number of aromatic nitrogens is 1. The van der Waals surface area contributed by atoms with Crippen molar-refractivity contribution in [1.82, 2.24) is 10.3 Å². The van der Waals surface area contributed by atoms with Crippen LogP contribution in [0, 0.1) is 0 Å². The molecule has 1 atom stereocenters. The van der Waals surface area contributed by atoms with Gasteiger partial charge in [0, 0.05) is 30.3 Å². The molecule has 1 aromatic heterocycles. The number of carboxylic acid groups (broad SMARTS) is 1. The zero-order chi connectivity index (χ0) is 21.8. The van der Waals surface area contributed by atoms with Gasteiger partial charge in [-0.15, -0.1) is 0 Å². The lowest BCUT2D eigenvalue weighted by Gasteiger charge is -2.18. The topological polar surface area (TPSA) is 97.8 Å². The number of hydrogen-bond acceptors (Lipinski definition) is 5. The largest absolute Gasteiger partial charge is 0.496 e. The van der Waals surface area contributed by atoms with E-state index in [2.05, 4.69) is 22.4 Å². The van der Waals surface area contributed by atoms with Gasteiger partial charge in [-0.3, -0.25) is 4.98 Å². The molecule has 0 saturated carbocycles. The van der Waals surface area contributed by atoms with Gasteiger partial charge in [0.15, 0.2) is 0 Å². The average Bonchev–Trinajstić information content (AvgIpc) is 3.11. The summed E-state index contributed by atoms with van der Waals surface area (Å²) < 4.78 is 10.7. The lowest BCUT2D eigenvalue weighted by Crippen LogP contribution is -2.43. The highest BCUT2D eigenvalue weighted by Gasteiger charge is 2.30. The number of aliphatic carboxylic acids is 1. The molecule has 1 amide bonds. The van der Waals surface area contributed by atoms with Gasteiger partial charge in [0.2, 0.25) is 0 Å². The molecule has 3 aromatic rings. The highest BCUT2D eigenvalue weighted by Crippen LogP contribution is 2.44. The van der Waals surface area contributed by atoms with Crippen molar-refractivity contribution in [1.29, 1.82) is 0 Å². The monoisotopic (exact) mass is 418 g/mol. The Morgan fingerprint density at radius 2 is 1.71 bits per heavy atom. The minimum Gasteiger partial charge on any atom is -0.496 e. The smallest absolute Gasteiger partial charge is 0.407 e. The van der Waals surface area contributed by atoms with Crippen LogP contribution in [-0.2, 0) is 16.0 Å². The number of carbonyl (C=O) groups is 2. The van der Waals surface area contributed by atoms with Crippen LogP contribution in [0.25, 0.3) is 11.1 Å². The SMILES string of the molecule is COc1ccncc1C[C@H](NC(=O)OCC1c2ccccc2-c2ccccc21)C(=O)O. The number of nitrogens with one attached hydrogen (secondary N) is 1. The third-order valence-electron chi connectivity index (χ3n) is 5.44. The molecule has 4 rings (SSSR count). The molecular weight excluding hydrogens is 396 g/mol. The van der Waals surface area contributed by atoms with Gasteiger partial charge in [-0.25, -0.2) is 9.59 Å². The van der Waals surface area contributed by atoms with Crippen molar-refractivity contribution < 1.29 is 24.2 Å². The summed E-state index contributed by atoms with van der Waals surface area (Å²) in [6.07, 6.45) is 2.32. The maximum atomic E-state index is 12.4. The molecule has 2 N–H and O–H groups in total. The highest BCUT2D eigenvalue weighted by molar-refractivity contribution is 5.81. The number of carbonyl (C=O) groups excluding carboxylic acids is 1. The molecule has 0 unspecified atom stereocenters. The summed E-state index contributed by atoms with van der Waals surface area (Å²) in [6, 6.07) is 16.5. The van der Waals surface area contributed by atoms with E-state index in [9.17, 15) is 14.7 Å². The molecule has 0 spiro atoms. The minimum atomic E-state index is -1.17. The van der Waals surface area contributed by atoms with Crippen molar-refractivity contribution in [3.8, 4) is 16.9 Å². The number of nitrogens with zero attached hydrogens (tertiary/aromatic N) is 1. The van der Waals surface area contributed by atoms with E-state index in [0.717, 1.165) is 22.3 Å². The Hall–Kier alpha value is -3.87. The normalized spacial score (nSPS) is 13.1. The molecule has 7 heteroatoms. The zero-order valence-electron chi connectivity index (χ0n) is 16.9. The van der Waals surface area contributed by atoms with E-state index in [4.69, 9.17) is 9.47 Å². The van der Waals surface area contributed by atoms with Crippen LogP contribution in [0.4, 0.5) is 4.79 Å².